The fraction of sp³-hybridized carbons (Fsp3) is 0.0909. The molecule has 148 valence electrons. The van der Waals surface area contributed by atoms with Gasteiger partial charge < -0.3 is 9.47 Å². The van der Waals surface area contributed by atoms with Crippen LogP contribution in [0.1, 0.15) is 21.5 Å². The summed E-state index contributed by atoms with van der Waals surface area (Å²) in [7, 11) is 1.51. The fourth-order valence-corrected chi connectivity index (χ4v) is 3.11. The van der Waals surface area contributed by atoms with Gasteiger partial charge in [-0.1, -0.05) is 57.9 Å². The zero-order chi connectivity index (χ0) is 20.6. The number of rotatable bonds is 7. The first kappa shape index (κ1) is 20.9. The second kappa shape index (κ2) is 10.1. The van der Waals surface area contributed by atoms with Crippen LogP contribution in [0.25, 0.3) is 0 Å². The molecule has 3 aromatic carbocycles. The zero-order valence-corrected chi connectivity index (χ0v) is 17.9. The summed E-state index contributed by atoms with van der Waals surface area (Å²) in [6, 6.07) is 20.2. The van der Waals surface area contributed by atoms with Crippen LogP contribution in [0.15, 0.2) is 76.3 Å². The van der Waals surface area contributed by atoms with Crippen LogP contribution in [-0.4, -0.2) is 19.2 Å². The van der Waals surface area contributed by atoms with Gasteiger partial charge in [0.05, 0.1) is 18.9 Å². The molecule has 5 nitrogen and oxygen atoms in total. The quantitative estimate of drug-likeness (QED) is 0.366. The molecule has 0 aromatic heterocycles. The molecule has 0 unspecified atom stereocenters. The van der Waals surface area contributed by atoms with Crippen LogP contribution in [0.3, 0.4) is 0 Å². The van der Waals surface area contributed by atoms with E-state index in [2.05, 4.69) is 26.5 Å². The minimum Gasteiger partial charge on any atom is -0.496 e. The highest BCUT2D eigenvalue weighted by molar-refractivity contribution is 9.10. The summed E-state index contributed by atoms with van der Waals surface area (Å²) in [5.41, 5.74) is 4.56. The van der Waals surface area contributed by atoms with Gasteiger partial charge in [0.15, 0.2) is 0 Å². The molecule has 0 bridgehead atoms. The van der Waals surface area contributed by atoms with Gasteiger partial charge >= 0.3 is 0 Å². The summed E-state index contributed by atoms with van der Waals surface area (Å²) in [5, 5.41) is 4.59. The normalized spacial score (nSPS) is 10.7. The summed E-state index contributed by atoms with van der Waals surface area (Å²) in [6.45, 7) is 0.408. The fourth-order valence-electron chi connectivity index (χ4n) is 2.57. The van der Waals surface area contributed by atoms with E-state index in [1.54, 1.807) is 36.4 Å². The molecule has 0 radical (unpaired) electrons. The van der Waals surface area contributed by atoms with Crippen molar-refractivity contribution in [3.05, 3.63) is 92.9 Å². The van der Waals surface area contributed by atoms with E-state index in [4.69, 9.17) is 21.1 Å². The van der Waals surface area contributed by atoms with Crippen LogP contribution in [-0.2, 0) is 6.61 Å². The number of amides is 1. The molecule has 3 rings (SSSR count). The van der Waals surface area contributed by atoms with Gasteiger partial charge in [0, 0.05) is 15.1 Å². The minimum absolute atomic E-state index is 0.366. The molecule has 3 aromatic rings. The van der Waals surface area contributed by atoms with Gasteiger partial charge in [-0.05, 0) is 42.0 Å². The smallest absolute Gasteiger partial charge is 0.275 e. The molecule has 1 N–H and O–H groups in total. The number of nitrogens with one attached hydrogen (secondary N) is 1. The third kappa shape index (κ3) is 5.82. The van der Waals surface area contributed by atoms with E-state index < -0.39 is 5.91 Å². The number of nitrogens with zero attached hydrogens (tertiary/aromatic N) is 1. The molecule has 0 atom stereocenters. The molecule has 0 saturated heterocycles. The van der Waals surface area contributed by atoms with Crippen molar-refractivity contribution in [2.45, 2.75) is 6.61 Å². The summed E-state index contributed by atoms with van der Waals surface area (Å²) in [5.74, 6) is 0.667. The van der Waals surface area contributed by atoms with Crippen LogP contribution in [0, 0.1) is 0 Å². The number of hydrazone groups is 1. The lowest BCUT2D eigenvalue weighted by Crippen LogP contribution is -2.18. The predicted molar refractivity (Wildman–Crippen MR) is 118 cm³/mol. The molecular formula is C22H18BrClN2O3. The number of ether oxygens (including phenoxy) is 2. The van der Waals surface area contributed by atoms with Gasteiger partial charge in [0.25, 0.3) is 5.91 Å². The maximum absolute atomic E-state index is 12.4. The Bertz CT molecular complexity index is 1030. The van der Waals surface area contributed by atoms with E-state index in [1.807, 2.05) is 30.3 Å². The van der Waals surface area contributed by atoms with E-state index >= 15 is 0 Å². The molecule has 0 fully saturated rings. The van der Waals surface area contributed by atoms with E-state index in [-0.39, 0.29) is 0 Å². The standard InChI is InChI=1S/C22H18BrClN2O3/c1-28-21-9-7-17(23)12-19(21)22(27)26-25-13-16-11-18(24)8-10-20(16)29-14-15-5-3-2-4-6-15/h2-13H,14H2,1H3,(H,26,27)/b25-13-. The molecule has 0 aliphatic carbocycles. The van der Waals surface area contributed by atoms with Crippen molar-refractivity contribution < 1.29 is 14.3 Å². The Morgan fingerprint density at radius 1 is 1.10 bits per heavy atom. The third-order valence-electron chi connectivity index (χ3n) is 3.98. The molecule has 0 heterocycles. The summed E-state index contributed by atoms with van der Waals surface area (Å²) in [4.78, 5) is 12.4. The number of hydrogen-bond acceptors (Lipinski definition) is 4. The van der Waals surface area contributed by atoms with E-state index in [0.717, 1.165) is 10.0 Å². The third-order valence-corrected chi connectivity index (χ3v) is 4.71. The SMILES string of the molecule is COc1ccc(Br)cc1C(=O)N/N=C\c1cc(Cl)ccc1OCc1ccccc1. The molecule has 0 aliphatic rings. The van der Waals surface area contributed by atoms with Gasteiger partial charge in [0.2, 0.25) is 0 Å². The maximum Gasteiger partial charge on any atom is 0.275 e. The second-order valence-electron chi connectivity index (χ2n) is 6.00. The average molecular weight is 474 g/mol. The Hall–Kier alpha value is -2.83. The lowest BCUT2D eigenvalue weighted by atomic mass is 10.2. The summed E-state index contributed by atoms with van der Waals surface area (Å²) >= 11 is 9.45. The van der Waals surface area contributed by atoms with Gasteiger partial charge in [-0.3, -0.25) is 4.79 Å². The Morgan fingerprint density at radius 2 is 1.86 bits per heavy atom. The van der Waals surface area contributed by atoms with Gasteiger partial charge in [0.1, 0.15) is 18.1 Å². The lowest BCUT2D eigenvalue weighted by Gasteiger charge is -2.10. The number of halogens is 2. The van der Waals surface area contributed by atoms with Crippen molar-refractivity contribution in [2.24, 2.45) is 5.10 Å². The van der Waals surface area contributed by atoms with E-state index in [1.165, 1.54) is 13.3 Å². The number of carbonyl (C=O) groups is 1. The van der Waals surface area contributed by atoms with E-state index in [9.17, 15) is 4.79 Å². The van der Waals surface area contributed by atoms with Crippen molar-refractivity contribution in [1.82, 2.24) is 5.43 Å². The number of hydrogen-bond donors (Lipinski definition) is 1. The van der Waals surface area contributed by atoms with Crippen LogP contribution in [0.4, 0.5) is 0 Å². The van der Waals surface area contributed by atoms with Crippen molar-refractivity contribution >= 4 is 39.7 Å². The molecule has 29 heavy (non-hydrogen) atoms. The van der Waals surface area contributed by atoms with Crippen LogP contribution in [0.5, 0.6) is 11.5 Å². The molecular weight excluding hydrogens is 456 g/mol. The summed E-state index contributed by atoms with van der Waals surface area (Å²) in [6.07, 6.45) is 1.49. The first-order chi connectivity index (χ1) is 14.1. The first-order valence-electron chi connectivity index (χ1n) is 8.70. The van der Waals surface area contributed by atoms with Gasteiger partial charge in [-0.2, -0.15) is 5.10 Å². The molecule has 7 heteroatoms. The topological polar surface area (TPSA) is 59.9 Å². The Kier molecular flexibility index (Phi) is 7.27. The highest BCUT2D eigenvalue weighted by Gasteiger charge is 2.12. The number of methoxy groups -OCH3 is 1. The Labute approximate surface area is 182 Å². The van der Waals surface area contributed by atoms with Crippen LogP contribution < -0.4 is 14.9 Å². The van der Waals surface area contributed by atoms with Crippen LogP contribution in [0.2, 0.25) is 5.02 Å². The minimum atomic E-state index is -0.395. The van der Waals surface area contributed by atoms with Gasteiger partial charge in [-0.25, -0.2) is 5.43 Å². The highest BCUT2D eigenvalue weighted by Crippen LogP contribution is 2.24. The molecule has 1 amide bonds. The maximum atomic E-state index is 12.4. The Balaban J connectivity index is 1.72. The van der Waals surface area contributed by atoms with Crippen molar-refractivity contribution in [2.75, 3.05) is 7.11 Å². The van der Waals surface area contributed by atoms with Crippen LogP contribution >= 0.6 is 27.5 Å². The first-order valence-corrected chi connectivity index (χ1v) is 9.87. The number of carbonyl (C=O) groups excluding carboxylic acids is 1. The largest absolute Gasteiger partial charge is 0.496 e. The van der Waals surface area contributed by atoms with Gasteiger partial charge in [-0.15, -0.1) is 0 Å². The van der Waals surface area contributed by atoms with Crippen molar-refractivity contribution in [3.63, 3.8) is 0 Å². The summed E-state index contributed by atoms with van der Waals surface area (Å²) < 4.78 is 11.9. The monoisotopic (exact) mass is 472 g/mol. The predicted octanol–water partition coefficient (Wildman–Crippen LogP) is 5.45. The molecule has 0 aliphatic heterocycles. The average Bonchev–Trinajstić information content (AvgIpc) is 2.73. The molecule has 0 spiro atoms. The Morgan fingerprint density at radius 3 is 2.62 bits per heavy atom. The number of benzene rings is 3. The zero-order valence-electron chi connectivity index (χ0n) is 15.6. The van der Waals surface area contributed by atoms with Crippen molar-refractivity contribution in [1.29, 1.82) is 0 Å². The molecule has 0 saturated carbocycles. The van der Waals surface area contributed by atoms with E-state index in [0.29, 0.717) is 34.3 Å². The highest BCUT2D eigenvalue weighted by atomic mass is 79.9. The second-order valence-corrected chi connectivity index (χ2v) is 7.35. The lowest BCUT2D eigenvalue weighted by molar-refractivity contribution is 0.0952. The van der Waals surface area contributed by atoms with Crippen molar-refractivity contribution in [3.8, 4) is 11.5 Å².